The molecule has 104 valence electrons. The van der Waals surface area contributed by atoms with Crippen molar-refractivity contribution in [3.8, 4) is 0 Å². The van der Waals surface area contributed by atoms with Crippen LogP contribution in [0.25, 0.3) is 0 Å². The fraction of sp³-hybridized carbons (Fsp3) is 0.294. The van der Waals surface area contributed by atoms with Crippen molar-refractivity contribution in [1.29, 1.82) is 0 Å². The zero-order chi connectivity index (χ0) is 13.6. The first kappa shape index (κ1) is 13.3. The van der Waals surface area contributed by atoms with Gasteiger partial charge in [-0.05, 0) is 11.1 Å². The molecule has 1 heterocycles. The van der Waals surface area contributed by atoms with E-state index in [0.29, 0.717) is 0 Å². The lowest BCUT2D eigenvalue weighted by Gasteiger charge is -2.31. The number of nitrogens with one attached hydrogen (secondary N) is 1. The van der Waals surface area contributed by atoms with Gasteiger partial charge in [-0.15, -0.1) is 0 Å². The molecule has 0 aliphatic carbocycles. The van der Waals surface area contributed by atoms with Crippen LogP contribution < -0.4 is 5.32 Å². The number of benzene rings is 2. The van der Waals surface area contributed by atoms with Crippen molar-refractivity contribution in [2.75, 3.05) is 26.2 Å². The van der Waals surface area contributed by atoms with E-state index in [1.54, 1.807) is 0 Å². The molecule has 1 saturated heterocycles. The predicted octanol–water partition coefficient (Wildman–Crippen LogP) is 2.61. The molecule has 0 unspecified atom stereocenters. The van der Waals surface area contributed by atoms with Crippen molar-refractivity contribution >= 4 is 0 Å². The lowest BCUT2D eigenvalue weighted by Crippen LogP contribution is -2.43. The van der Waals surface area contributed by atoms with Gasteiger partial charge < -0.3 is 5.32 Å². The Balaban J connectivity index is 1.83. The van der Waals surface area contributed by atoms with E-state index in [9.17, 15) is 0 Å². The quantitative estimate of drug-likeness (QED) is 0.922. The molecule has 20 heavy (non-hydrogen) atoms. The summed E-state index contributed by atoms with van der Waals surface area (Å²) in [5, 5.41) is 5.42. The van der Waals surface area contributed by atoms with Crippen molar-refractivity contribution in [3.63, 3.8) is 0 Å². The van der Waals surface area contributed by atoms with E-state index >= 15 is 0 Å². The SMILES string of the molecule is c1ccc(C(ON2CCNCC2)c2ccccc2)cc1. The van der Waals surface area contributed by atoms with Gasteiger partial charge in [-0.3, -0.25) is 4.84 Å². The van der Waals surface area contributed by atoms with Crippen molar-refractivity contribution < 1.29 is 4.84 Å². The molecule has 3 nitrogen and oxygen atoms in total. The summed E-state index contributed by atoms with van der Waals surface area (Å²) in [5.41, 5.74) is 2.38. The number of hydrogen-bond acceptors (Lipinski definition) is 3. The number of nitrogens with zero attached hydrogens (tertiary/aromatic N) is 1. The first-order valence-electron chi connectivity index (χ1n) is 7.16. The average Bonchev–Trinajstić information content (AvgIpc) is 2.55. The first-order chi connectivity index (χ1) is 9.93. The van der Waals surface area contributed by atoms with E-state index < -0.39 is 0 Å². The van der Waals surface area contributed by atoms with E-state index in [-0.39, 0.29) is 6.10 Å². The molecule has 2 aromatic carbocycles. The van der Waals surface area contributed by atoms with Gasteiger partial charge in [-0.2, -0.15) is 5.06 Å². The molecule has 3 heteroatoms. The molecule has 1 aliphatic rings. The molecule has 0 saturated carbocycles. The molecular formula is C17H20N2O. The van der Waals surface area contributed by atoms with E-state index in [2.05, 4.69) is 58.9 Å². The van der Waals surface area contributed by atoms with Crippen LogP contribution in [0.1, 0.15) is 17.2 Å². The maximum absolute atomic E-state index is 6.26. The fourth-order valence-electron chi connectivity index (χ4n) is 2.47. The van der Waals surface area contributed by atoms with Crippen LogP contribution in [0, 0.1) is 0 Å². The van der Waals surface area contributed by atoms with Crippen LogP contribution in [0.15, 0.2) is 60.7 Å². The zero-order valence-corrected chi connectivity index (χ0v) is 11.5. The molecule has 0 spiro atoms. The summed E-state index contributed by atoms with van der Waals surface area (Å²) in [4.78, 5) is 6.26. The largest absolute Gasteiger partial charge is 0.314 e. The predicted molar refractivity (Wildman–Crippen MR) is 80.3 cm³/mol. The summed E-state index contributed by atoms with van der Waals surface area (Å²) in [6.07, 6.45) is -0.0319. The van der Waals surface area contributed by atoms with Crippen LogP contribution >= 0.6 is 0 Å². The molecule has 0 radical (unpaired) electrons. The third-order valence-electron chi connectivity index (χ3n) is 3.54. The van der Waals surface area contributed by atoms with Gasteiger partial charge in [-0.25, -0.2) is 0 Å². The Kier molecular flexibility index (Phi) is 4.43. The Hall–Kier alpha value is -1.68. The molecule has 1 fully saturated rings. The summed E-state index contributed by atoms with van der Waals surface area (Å²) in [6.45, 7) is 3.82. The van der Waals surface area contributed by atoms with Gasteiger partial charge in [0.1, 0.15) is 6.10 Å². The molecule has 0 bridgehead atoms. The lowest BCUT2D eigenvalue weighted by atomic mass is 10.0. The van der Waals surface area contributed by atoms with Gasteiger partial charge in [-0.1, -0.05) is 60.7 Å². The van der Waals surface area contributed by atoms with Crippen molar-refractivity contribution in [1.82, 2.24) is 10.4 Å². The Morgan fingerprint density at radius 1 is 0.800 bits per heavy atom. The Morgan fingerprint density at radius 3 is 1.80 bits per heavy atom. The van der Waals surface area contributed by atoms with Gasteiger partial charge in [0.25, 0.3) is 0 Å². The average molecular weight is 268 g/mol. The van der Waals surface area contributed by atoms with Crippen molar-refractivity contribution in [2.45, 2.75) is 6.10 Å². The standard InChI is InChI=1S/C17H20N2O/c1-3-7-15(8-4-1)17(16-9-5-2-6-10-16)20-19-13-11-18-12-14-19/h1-10,17-18H,11-14H2. The Labute approximate surface area is 120 Å². The van der Waals surface area contributed by atoms with Crippen LogP contribution in [0.2, 0.25) is 0 Å². The van der Waals surface area contributed by atoms with Gasteiger partial charge in [0.2, 0.25) is 0 Å². The third kappa shape index (κ3) is 3.25. The minimum Gasteiger partial charge on any atom is -0.314 e. The molecule has 0 amide bonds. The van der Waals surface area contributed by atoms with Crippen LogP contribution in [-0.4, -0.2) is 31.2 Å². The summed E-state index contributed by atoms with van der Waals surface area (Å²) in [5.74, 6) is 0. The van der Waals surface area contributed by atoms with Crippen molar-refractivity contribution in [2.24, 2.45) is 0 Å². The lowest BCUT2D eigenvalue weighted by molar-refractivity contribution is -0.193. The molecule has 0 aromatic heterocycles. The second-order valence-electron chi connectivity index (χ2n) is 4.99. The highest BCUT2D eigenvalue weighted by atomic mass is 16.7. The third-order valence-corrected chi connectivity index (χ3v) is 3.54. The van der Waals surface area contributed by atoms with Gasteiger partial charge in [0, 0.05) is 26.2 Å². The molecule has 0 atom stereocenters. The molecular weight excluding hydrogens is 248 g/mol. The highest BCUT2D eigenvalue weighted by Crippen LogP contribution is 2.26. The minimum absolute atomic E-state index is 0.0319. The van der Waals surface area contributed by atoms with Crippen LogP contribution in [-0.2, 0) is 4.84 Å². The minimum atomic E-state index is -0.0319. The second-order valence-corrected chi connectivity index (χ2v) is 4.99. The van der Waals surface area contributed by atoms with E-state index in [1.165, 1.54) is 11.1 Å². The monoisotopic (exact) mass is 268 g/mol. The summed E-state index contributed by atoms with van der Waals surface area (Å²) >= 11 is 0. The molecule has 1 aliphatic heterocycles. The smallest absolute Gasteiger partial charge is 0.129 e. The molecule has 3 rings (SSSR count). The zero-order valence-electron chi connectivity index (χ0n) is 11.5. The van der Waals surface area contributed by atoms with Crippen LogP contribution in [0.3, 0.4) is 0 Å². The van der Waals surface area contributed by atoms with E-state index in [0.717, 1.165) is 26.2 Å². The molecule has 2 aromatic rings. The Morgan fingerprint density at radius 2 is 1.30 bits per heavy atom. The highest BCUT2D eigenvalue weighted by Gasteiger charge is 2.20. The normalized spacial score (nSPS) is 16.4. The first-order valence-corrected chi connectivity index (χ1v) is 7.16. The maximum Gasteiger partial charge on any atom is 0.129 e. The van der Waals surface area contributed by atoms with Gasteiger partial charge in [0.15, 0.2) is 0 Å². The number of hydrogen-bond donors (Lipinski definition) is 1. The summed E-state index contributed by atoms with van der Waals surface area (Å²) in [7, 11) is 0. The molecule has 1 N–H and O–H groups in total. The van der Waals surface area contributed by atoms with Gasteiger partial charge in [0.05, 0.1) is 0 Å². The van der Waals surface area contributed by atoms with Gasteiger partial charge >= 0.3 is 0 Å². The van der Waals surface area contributed by atoms with Crippen LogP contribution in [0.4, 0.5) is 0 Å². The fourth-order valence-corrected chi connectivity index (χ4v) is 2.47. The Bertz CT molecular complexity index is 470. The van der Waals surface area contributed by atoms with E-state index in [4.69, 9.17) is 4.84 Å². The van der Waals surface area contributed by atoms with E-state index in [1.807, 2.05) is 12.1 Å². The highest BCUT2D eigenvalue weighted by molar-refractivity contribution is 5.29. The summed E-state index contributed by atoms with van der Waals surface area (Å²) < 4.78 is 0. The summed E-state index contributed by atoms with van der Waals surface area (Å²) in [6, 6.07) is 20.8. The second kappa shape index (κ2) is 6.66. The topological polar surface area (TPSA) is 24.5 Å². The van der Waals surface area contributed by atoms with Crippen LogP contribution in [0.5, 0.6) is 0 Å². The maximum atomic E-state index is 6.26. The number of rotatable bonds is 4. The number of piperazine rings is 1. The number of hydroxylamine groups is 2. The van der Waals surface area contributed by atoms with Crippen molar-refractivity contribution in [3.05, 3.63) is 71.8 Å².